The number of nitrogens with zero attached hydrogens (tertiary/aromatic N) is 3. The highest BCUT2D eigenvalue weighted by Gasteiger charge is 2.50. The molecule has 0 bridgehead atoms. The lowest BCUT2D eigenvalue weighted by atomic mass is 9.64. The number of aromatic nitrogens is 3. The van der Waals surface area contributed by atoms with Crippen LogP contribution in [0.15, 0.2) is 53.5 Å². The summed E-state index contributed by atoms with van der Waals surface area (Å²) in [4.78, 5) is 22.0. The van der Waals surface area contributed by atoms with Crippen LogP contribution in [0.4, 0.5) is 0 Å². The molecule has 1 saturated heterocycles. The van der Waals surface area contributed by atoms with Gasteiger partial charge in [-0.3, -0.25) is 4.79 Å². The number of benzene rings is 1. The van der Waals surface area contributed by atoms with Gasteiger partial charge in [-0.1, -0.05) is 24.3 Å². The molecule has 1 aliphatic carbocycles. The summed E-state index contributed by atoms with van der Waals surface area (Å²) in [6, 6.07) is 12.6. The van der Waals surface area contributed by atoms with Crippen molar-refractivity contribution in [2.24, 2.45) is 12.5 Å². The highest BCUT2D eigenvalue weighted by Crippen LogP contribution is 2.46. The molecule has 0 radical (unpaired) electrons. The maximum atomic E-state index is 13.0. The lowest BCUT2D eigenvalue weighted by Crippen LogP contribution is -2.59. The van der Waals surface area contributed by atoms with E-state index in [-0.39, 0.29) is 11.9 Å². The molecule has 4 heterocycles. The Kier molecular flexibility index (Phi) is 4.62. The maximum Gasteiger partial charge on any atom is 0.270 e. The number of thiazole rings is 1. The van der Waals surface area contributed by atoms with E-state index in [1.54, 1.807) is 11.3 Å². The van der Waals surface area contributed by atoms with E-state index in [1.807, 2.05) is 30.9 Å². The van der Waals surface area contributed by atoms with Crippen LogP contribution in [-0.2, 0) is 18.2 Å². The summed E-state index contributed by atoms with van der Waals surface area (Å²) < 4.78 is 7.42. The number of amides is 1. The first kappa shape index (κ1) is 19.6. The second kappa shape index (κ2) is 7.53. The van der Waals surface area contributed by atoms with Crippen LogP contribution in [-0.4, -0.2) is 39.7 Å². The monoisotopic (exact) mass is 444 g/mol. The Morgan fingerprint density at radius 1 is 1.25 bits per heavy atom. The Bertz CT molecular complexity index is 1280. The van der Waals surface area contributed by atoms with Crippen molar-refractivity contribution in [2.45, 2.75) is 25.3 Å². The summed E-state index contributed by atoms with van der Waals surface area (Å²) in [5.41, 5.74) is 8.99. The van der Waals surface area contributed by atoms with Gasteiger partial charge in [-0.15, -0.1) is 11.3 Å². The molecular formula is C25H24N4O2S. The fourth-order valence-electron chi connectivity index (χ4n) is 4.99. The van der Waals surface area contributed by atoms with Crippen molar-refractivity contribution in [1.29, 1.82) is 0 Å². The molecule has 2 aliphatic rings. The minimum atomic E-state index is -0.0871. The number of hydrogen-bond acceptors (Lipinski definition) is 5. The van der Waals surface area contributed by atoms with Gasteiger partial charge in [0.25, 0.3) is 5.91 Å². The van der Waals surface area contributed by atoms with E-state index in [4.69, 9.17) is 4.74 Å². The van der Waals surface area contributed by atoms with Crippen LogP contribution in [0, 0.1) is 5.41 Å². The molecule has 32 heavy (non-hydrogen) atoms. The van der Waals surface area contributed by atoms with Crippen molar-refractivity contribution in [3.63, 3.8) is 0 Å². The number of aryl methyl sites for hydroxylation is 1. The standard InChI is InChI=1S/C25H24N4O2S/c1-29-7-6-20-23(29)18(8-16-2-4-17(5-3-16)22-12-32-15-26-22)9-21(28-20)24(30)27-19-10-25(11-19)13-31-14-25/h2-7,9,12,15,19H,8,10-11,13-14H2,1H3,(H,27,30). The van der Waals surface area contributed by atoms with Crippen molar-refractivity contribution in [2.75, 3.05) is 13.2 Å². The number of pyridine rings is 1. The zero-order valence-corrected chi connectivity index (χ0v) is 18.7. The second-order valence-electron chi connectivity index (χ2n) is 9.15. The summed E-state index contributed by atoms with van der Waals surface area (Å²) in [6.45, 7) is 1.66. The number of carbonyl (C=O) groups excluding carboxylic acids is 1. The Morgan fingerprint density at radius 3 is 2.75 bits per heavy atom. The molecule has 162 valence electrons. The van der Waals surface area contributed by atoms with Gasteiger partial charge in [0.2, 0.25) is 0 Å². The number of fused-ring (bicyclic) bond motifs is 1. The molecule has 4 aromatic rings. The van der Waals surface area contributed by atoms with Crippen LogP contribution in [0.5, 0.6) is 0 Å². The predicted molar refractivity (Wildman–Crippen MR) is 125 cm³/mol. The maximum absolute atomic E-state index is 13.0. The lowest BCUT2D eigenvalue weighted by Gasteiger charge is -2.53. The lowest BCUT2D eigenvalue weighted by molar-refractivity contribution is -0.165. The van der Waals surface area contributed by atoms with Crippen LogP contribution in [0.3, 0.4) is 0 Å². The summed E-state index contributed by atoms with van der Waals surface area (Å²) in [6.07, 6.45) is 4.74. The minimum absolute atomic E-state index is 0.0871. The Balaban J connectivity index is 1.25. The van der Waals surface area contributed by atoms with Crippen LogP contribution >= 0.6 is 11.3 Å². The van der Waals surface area contributed by atoms with Gasteiger partial charge in [-0.25, -0.2) is 9.97 Å². The van der Waals surface area contributed by atoms with E-state index in [2.05, 4.69) is 49.5 Å². The van der Waals surface area contributed by atoms with Gasteiger partial charge in [0.15, 0.2) is 0 Å². The van der Waals surface area contributed by atoms with E-state index < -0.39 is 0 Å². The fraction of sp³-hybridized carbons (Fsp3) is 0.320. The average Bonchev–Trinajstić information content (AvgIpc) is 3.40. The second-order valence-corrected chi connectivity index (χ2v) is 9.86. The third kappa shape index (κ3) is 3.42. The SMILES string of the molecule is Cn1ccc2nc(C(=O)NC3CC4(COC4)C3)cc(Cc3ccc(-c4cscn4)cc3)c21. The zero-order chi connectivity index (χ0) is 21.7. The number of nitrogens with one attached hydrogen (secondary N) is 1. The largest absolute Gasteiger partial charge is 0.380 e. The molecule has 1 N–H and O–H groups in total. The molecular weight excluding hydrogens is 420 g/mol. The van der Waals surface area contributed by atoms with E-state index in [9.17, 15) is 4.79 Å². The quantitative estimate of drug-likeness (QED) is 0.501. The molecule has 7 heteroatoms. The third-order valence-corrected chi connectivity index (χ3v) is 7.31. The van der Waals surface area contributed by atoms with Gasteiger partial charge in [0.1, 0.15) is 5.69 Å². The molecule has 6 rings (SSSR count). The average molecular weight is 445 g/mol. The summed E-state index contributed by atoms with van der Waals surface area (Å²) >= 11 is 1.60. The van der Waals surface area contributed by atoms with Crippen LogP contribution in [0.1, 0.15) is 34.5 Å². The molecule has 1 aromatic carbocycles. The molecule has 1 amide bonds. The Labute approximate surface area is 190 Å². The first-order valence-electron chi connectivity index (χ1n) is 10.9. The first-order chi connectivity index (χ1) is 15.6. The Morgan fingerprint density at radius 2 is 2.06 bits per heavy atom. The topological polar surface area (TPSA) is 69.0 Å². The van der Waals surface area contributed by atoms with Crippen molar-refractivity contribution < 1.29 is 9.53 Å². The minimum Gasteiger partial charge on any atom is -0.380 e. The van der Waals surface area contributed by atoms with Gasteiger partial charge in [0, 0.05) is 35.6 Å². The predicted octanol–water partition coefficient (Wildman–Crippen LogP) is 4.20. The molecule has 0 unspecified atom stereocenters. The van der Waals surface area contributed by atoms with Crippen LogP contribution < -0.4 is 5.32 Å². The molecule has 3 aromatic heterocycles. The van der Waals surface area contributed by atoms with Crippen molar-refractivity contribution in [3.05, 3.63) is 70.3 Å². The van der Waals surface area contributed by atoms with Crippen LogP contribution in [0.2, 0.25) is 0 Å². The summed E-state index contributed by atoms with van der Waals surface area (Å²) in [7, 11) is 2.02. The van der Waals surface area contributed by atoms with Crippen molar-refractivity contribution >= 4 is 28.3 Å². The number of ether oxygens (including phenoxy) is 1. The first-order valence-corrected chi connectivity index (χ1v) is 11.8. The van der Waals surface area contributed by atoms with Gasteiger partial charge in [-0.2, -0.15) is 0 Å². The van der Waals surface area contributed by atoms with E-state index >= 15 is 0 Å². The molecule has 2 fully saturated rings. The van der Waals surface area contributed by atoms with Gasteiger partial charge >= 0.3 is 0 Å². The molecule has 0 atom stereocenters. The number of carbonyl (C=O) groups is 1. The van der Waals surface area contributed by atoms with Crippen molar-refractivity contribution in [3.8, 4) is 11.3 Å². The highest BCUT2D eigenvalue weighted by atomic mass is 32.1. The van der Waals surface area contributed by atoms with E-state index in [0.29, 0.717) is 11.1 Å². The smallest absolute Gasteiger partial charge is 0.270 e. The van der Waals surface area contributed by atoms with Gasteiger partial charge in [0.05, 0.1) is 35.5 Å². The zero-order valence-electron chi connectivity index (χ0n) is 17.9. The van der Waals surface area contributed by atoms with Gasteiger partial charge in [-0.05, 0) is 42.5 Å². The molecule has 6 nitrogen and oxygen atoms in total. The fourth-order valence-corrected chi connectivity index (χ4v) is 5.55. The summed E-state index contributed by atoms with van der Waals surface area (Å²) in [5.74, 6) is -0.0871. The summed E-state index contributed by atoms with van der Waals surface area (Å²) in [5, 5.41) is 5.23. The number of rotatable bonds is 5. The Hall–Kier alpha value is -3.03. The molecule has 1 spiro atoms. The highest BCUT2D eigenvalue weighted by molar-refractivity contribution is 7.07. The molecule has 1 saturated carbocycles. The van der Waals surface area contributed by atoms with Gasteiger partial charge < -0.3 is 14.6 Å². The normalized spacial score (nSPS) is 17.3. The molecule has 1 aliphatic heterocycles. The number of hydrogen-bond donors (Lipinski definition) is 1. The van der Waals surface area contributed by atoms with E-state index in [1.165, 1.54) is 5.56 Å². The third-order valence-electron chi connectivity index (χ3n) is 6.73. The van der Waals surface area contributed by atoms with E-state index in [0.717, 1.165) is 60.3 Å². The van der Waals surface area contributed by atoms with Crippen LogP contribution in [0.25, 0.3) is 22.3 Å². The van der Waals surface area contributed by atoms with Crippen molar-refractivity contribution in [1.82, 2.24) is 19.9 Å².